The first kappa shape index (κ1) is 50.4. The summed E-state index contributed by atoms with van der Waals surface area (Å²) < 4.78 is 53.8. The van der Waals surface area contributed by atoms with Crippen molar-refractivity contribution in [1.82, 2.24) is 0 Å². The lowest BCUT2D eigenvalue weighted by molar-refractivity contribution is -0.297. The average Bonchev–Trinajstić information content (AvgIpc) is 3.13. The molecule has 0 saturated carbocycles. The zero-order valence-corrected chi connectivity index (χ0v) is 34.4. The molecule has 6 atom stereocenters. The highest BCUT2D eigenvalue weighted by molar-refractivity contribution is 7.85. The van der Waals surface area contributed by atoms with Crippen molar-refractivity contribution in [3.63, 3.8) is 0 Å². The quantitative estimate of drug-likeness (QED) is 0.0211. The Bertz CT molecular complexity index is 1070. The van der Waals surface area contributed by atoms with E-state index in [9.17, 15) is 37.9 Å². The molecule has 0 aromatic rings. The number of aliphatic hydroxyl groups excluding tert-OH is 3. The molecular weight excluding hydrogens is 717 g/mol. The number of allylic oxidation sites excluding steroid dienone is 2. The minimum atomic E-state index is -4.59. The lowest BCUT2D eigenvalue weighted by Gasteiger charge is -2.40. The third-order valence-corrected chi connectivity index (χ3v) is 10.6. The number of esters is 2. The summed E-state index contributed by atoms with van der Waals surface area (Å²) in [5, 5.41) is 30.7. The third kappa shape index (κ3) is 27.1. The number of hydrogen-bond donors (Lipinski definition) is 4. The van der Waals surface area contributed by atoms with Gasteiger partial charge in [0.25, 0.3) is 10.1 Å². The van der Waals surface area contributed by atoms with Gasteiger partial charge in [-0.3, -0.25) is 14.1 Å². The second kappa shape index (κ2) is 32.5. The van der Waals surface area contributed by atoms with Gasteiger partial charge in [0.05, 0.1) is 6.61 Å². The molecule has 4 N–H and O–H groups in total. The highest BCUT2D eigenvalue weighted by Crippen LogP contribution is 2.24. The standard InChI is InChI=1S/C41H76O12S/c1-3-5-7-9-11-12-13-14-15-16-17-18-19-20-21-22-24-25-27-29-36(42)50-31-34(52-37(43)30-28-26-23-10-8-6-4-2)32-51-41-40(46)39(45)38(44)35(53-41)33-54(47,48)49/h14-15,34-35,38-41,44-46H,3-13,16-33H2,1-2H3,(H,47,48,49)/b15-14+/t34-,35+,38+,39?,40?,41-/m1/s1. The van der Waals surface area contributed by atoms with Crippen molar-refractivity contribution >= 4 is 22.1 Å². The molecule has 1 rings (SSSR count). The number of hydrogen-bond acceptors (Lipinski definition) is 11. The highest BCUT2D eigenvalue weighted by atomic mass is 32.2. The van der Waals surface area contributed by atoms with Crippen LogP contribution < -0.4 is 0 Å². The van der Waals surface area contributed by atoms with Crippen molar-refractivity contribution in [1.29, 1.82) is 0 Å². The topological polar surface area (TPSA) is 186 Å². The predicted molar refractivity (Wildman–Crippen MR) is 210 cm³/mol. The van der Waals surface area contributed by atoms with E-state index in [2.05, 4.69) is 26.0 Å². The normalized spacial score (nSPS) is 21.0. The first-order chi connectivity index (χ1) is 26.0. The molecule has 0 aromatic carbocycles. The Morgan fingerprint density at radius 3 is 1.54 bits per heavy atom. The molecule has 0 amide bonds. The maximum atomic E-state index is 12.6. The third-order valence-electron chi connectivity index (χ3n) is 9.85. The summed E-state index contributed by atoms with van der Waals surface area (Å²) >= 11 is 0. The fourth-order valence-corrected chi connectivity index (χ4v) is 7.19. The molecular formula is C41H76O12S. The first-order valence-corrected chi connectivity index (χ1v) is 22.9. The van der Waals surface area contributed by atoms with E-state index in [1.807, 2.05) is 0 Å². The van der Waals surface area contributed by atoms with E-state index in [0.29, 0.717) is 12.8 Å². The molecule has 0 aliphatic carbocycles. The molecule has 54 heavy (non-hydrogen) atoms. The number of aliphatic hydroxyl groups is 3. The molecule has 1 fully saturated rings. The first-order valence-electron chi connectivity index (χ1n) is 21.2. The molecule has 1 heterocycles. The molecule has 1 aliphatic rings. The fourth-order valence-electron chi connectivity index (χ4n) is 6.49. The van der Waals surface area contributed by atoms with Crippen LogP contribution in [0.2, 0.25) is 0 Å². The van der Waals surface area contributed by atoms with Crippen molar-refractivity contribution < 1.29 is 56.8 Å². The van der Waals surface area contributed by atoms with Crippen molar-refractivity contribution in [3.8, 4) is 0 Å². The summed E-state index contributed by atoms with van der Waals surface area (Å²) in [5.41, 5.74) is 0. The lowest BCUT2D eigenvalue weighted by Crippen LogP contribution is -2.60. The van der Waals surface area contributed by atoms with Crippen LogP contribution in [0, 0.1) is 0 Å². The van der Waals surface area contributed by atoms with Crippen molar-refractivity contribution in [3.05, 3.63) is 12.2 Å². The molecule has 0 radical (unpaired) electrons. The van der Waals surface area contributed by atoms with Crippen molar-refractivity contribution in [2.24, 2.45) is 0 Å². The van der Waals surface area contributed by atoms with Gasteiger partial charge in [-0.1, -0.05) is 142 Å². The highest BCUT2D eigenvalue weighted by Gasteiger charge is 2.46. The minimum absolute atomic E-state index is 0.165. The molecule has 1 aliphatic heterocycles. The Labute approximate surface area is 326 Å². The van der Waals surface area contributed by atoms with Crippen molar-refractivity contribution in [2.45, 2.75) is 218 Å². The smallest absolute Gasteiger partial charge is 0.306 e. The van der Waals surface area contributed by atoms with Crippen molar-refractivity contribution in [2.75, 3.05) is 19.0 Å². The van der Waals surface area contributed by atoms with Crippen LogP contribution in [0.15, 0.2) is 12.2 Å². The van der Waals surface area contributed by atoms with Crippen LogP contribution in [0.3, 0.4) is 0 Å². The largest absolute Gasteiger partial charge is 0.462 e. The van der Waals surface area contributed by atoms with Crippen LogP contribution in [0.4, 0.5) is 0 Å². The zero-order valence-electron chi connectivity index (χ0n) is 33.6. The molecule has 0 bridgehead atoms. The Morgan fingerprint density at radius 2 is 1.06 bits per heavy atom. The van der Waals surface area contributed by atoms with E-state index in [1.54, 1.807) is 0 Å². The van der Waals surface area contributed by atoms with Gasteiger partial charge in [-0.2, -0.15) is 8.42 Å². The number of unbranched alkanes of at least 4 members (excludes halogenated alkanes) is 21. The summed E-state index contributed by atoms with van der Waals surface area (Å²) in [6.07, 6.45) is 23.0. The summed E-state index contributed by atoms with van der Waals surface area (Å²) in [7, 11) is -4.59. The van der Waals surface area contributed by atoms with Crippen LogP contribution in [0.5, 0.6) is 0 Å². The molecule has 13 heteroatoms. The van der Waals surface area contributed by atoms with Crippen LogP contribution in [-0.4, -0.2) is 96.0 Å². The monoisotopic (exact) mass is 793 g/mol. The van der Waals surface area contributed by atoms with Crippen LogP contribution in [0.25, 0.3) is 0 Å². The average molecular weight is 793 g/mol. The fraction of sp³-hybridized carbons (Fsp3) is 0.902. The summed E-state index contributed by atoms with van der Waals surface area (Å²) in [6, 6.07) is 0. The van der Waals surface area contributed by atoms with E-state index in [4.69, 9.17) is 18.9 Å². The second-order valence-corrected chi connectivity index (χ2v) is 16.5. The lowest BCUT2D eigenvalue weighted by atomic mass is 10.00. The van der Waals surface area contributed by atoms with E-state index >= 15 is 0 Å². The van der Waals surface area contributed by atoms with E-state index in [0.717, 1.165) is 51.4 Å². The van der Waals surface area contributed by atoms with Gasteiger partial charge in [0, 0.05) is 12.8 Å². The summed E-state index contributed by atoms with van der Waals surface area (Å²) in [6.45, 7) is 3.69. The number of ether oxygens (including phenoxy) is 4. The van der Waals surface area contributed by atoms with E-state index in [1.165, 1.54) is 89.9 Å². The van der Waals surface area contributed by atoms with Crippen LogP contribution in [0.1, 0.15) is 181 Å². The number of rotatable bonds is 35. The van der Waals surface area contributed by atoms with E-state index in [-0.39, 0.29) is 19.4 Å². The zero-order chi connectivity index (χ0) is 39.9. The molecule has 1 saturated heterocycles. The molecule has 318 valence electrons. The van der Waals surface area contributed by atoms with Gasteiger partial charge in [-0.25, -0.2) is 0 Å². The Morgan fingerprint density at radius 1 is 0.611 bits per heavy atom. The summed E-state index contributed by atoms with van der Waals surface area (Å²) in [4.78, 5) is 25.2. The Balaban J connectivity index is 2.37. The maximum Gasteiger partial charge on any atom is 0.306 e. The number of carbonyl (C=O) groups is 2. The molecule has 0 aromatic heterocycles. The van der Waals surface area contributed by atoms with Gasteiger partial charge in [0.1, 0.15) is 36.8 Å². The van der Waals surface area contributed by atoms with Gasteiger partial charge in [0.2, 0.25) is 0 Å². The second-order valence-electron chi connectivity index (χ2n) is 15.0. The van der Waals surface area contributed by atoms with Gasteiger partial charge < -0.3 is 34.3 Å². The number of carbonyl (C=O) groups excluding carboxylic acids is 2. The Kier molecular flexibility index (Phi) is 30.3. The van der Waals surface area contributed by atoms with E-state index < -0.39 is 71.2 Å². The van der Waals surface area contributed by atoms with Gasteiger partial charge in [0.15, 0.2) is 12.4 Å². The summed E-state index contributed by atoms with van der Waals surface area (Å²) in [5.74, 6) is -1.98. The minimum Gasteiger partial charge on any atom is -0.462 e. The molecule has 2 unspecified atom stereocenters. The van der Waals surface area contributed by atoms with Crippen LogP contribution >= 0.6 is 0 Å². The maximum absolute atomic E-state index is 12.6. The SMILES string of the molecule is CCCCCCCC/C=C/CCCCCCCCCCCC(=O)OC[C@H](CO[C@@H]1O[C@@H](CS(=O)(=O)O)[C@H](O)C(O)C1O)OC(=O)CCCCCCCCC. The van der Waals surface area contributed by atoms with Gasteiger partial charge in [-0.15, -0.1) is 0 Å². The van der Waals surface area contributed by atoms with Gasteiger partial charge >= 0.3 is 11.9 Å². The predicted octanol–water partition coefficient (Wildman–Crippen LogP) is 7.89. The van der Waals surface area contributed by atoms with Crippen LogP contribution in [-0.2, 0) is 38.7 Å². The molecule has 0 spiro atoms. The Hall–Kier alpha value is -1.61. The molecule has 12 nitrogen and oxygen atoms in total. The van der Waals surface area contributed by atoms with Gasteiger partial charge in [-0.05, 0) is 38.5 Å².